The molecule has 3 heterocycles. The van der Waals surface area contributed by atoms with Crippen LogP contribution in [-0.2, 0) is 14.3 Å². The van der Waals surface area contributed by atoms with Gasteiger partial charge < -0.3 is 25.3 Å². The Morgan fingerprint density at radius 3 is 2.78 bits per heavy atom. The van der Waals surface area contributed by atoms with Crippen LogP contribution in [0, 0.1) is 12.7 Å². The van der Waals surface area contributed by atoms with E-state index in [9.17, 15) is 9.59 Å². The number of nitrogens with two attached hydrogens (primary N) is 1. The molecule has 1 saturated carbocycles. The van der Waals surface area contributed by atoms with Crippen molar-refractivity contribution in [3.8, 4) is 17.0 Å². The number of fused-ring (bicyclic) bond motifs is 2. The van der Waals surface area contributed by atoms with Gasteiger partial charge in [-0.05, 0) is 36.9 Å². The van der Waals surface area contributed by atoms with Crippen LogP contribution in [0.4, 0.5) is 26.4 Å². The van der Waals surface area contributed by atoms with Gasteiger partial charge in [0, 0.05) is 55.2 Å². The van der Waals surface area contributed by atoms with Crippen LogP contribution in [0.15, 0.2) is 24.5 Å². The second-order valence-electron chi connectivity index (χ2n) is 9.30. The second kappa shape index (κ2) is 8.81. The summed E-state index contributed by atoms with van der Waals surface area (Å²) >= 11 is 0. The molecule has 2 aromatic heterocycles. The van der Waals surface area contributed by atoms with Gasteiger partial charge in [0.25, 0.3) is 0 Å². The number of carbonyl (C=O) groups is 2. The maximum Gasteiger partial charge on any atom is 0.413 e. The average Bonchev–Trinajstić information content (AvgIpc) is 2.80. The predicted molar refractivity (Wildman–Crippen MR) is 131 cm³/mol. The van der Waals surface area contributed by atoms with Gasteiger partial charge in [-0.25, -0.2) is 19.2 Å². The normalized spacial score (nSPS) is 20.4. The molecule has 0 unspecified atom stereocenters. The minimum Gasteiger partial charge on any atom is -0.474 e. The Kier molecular flexibility index (Phi) is 5.77. The first-order chi connectivity index (χ1) is 17.1. The first-order valence-electron chi connectivity index (χ1n) is 11.5. The van der Waals surface area contributed by atoms with Crippen LogP contribution in [0.25, 0.3) is 21.9 Å². The van der Waals surface area contributed by atoms with E-state index < -0.39 is 17.5 Å². The molecule has 0 saturated heterocycles. The summed E-state index contributed by atoms with van der Waals surface area (Å²) in [6, 6.07) is 3.25. The van der Waals surface area contributed by atoms with Crippen molar-refractivity contribution in [3.05, 3.63) is 35.9 Å². The van der Waals surface area contributed by atoms with Crippen LogP contribution >= 0.6 is 0 Å². The Hall–Kier alpha value is -4.15. The fraction of sp³-hybridized carbons (Fsp3) is 0.360. The molecule has 5 rings (SSSR count). The van der Waals surface area contributed by atoms with Crippen molar-refractivity contribution in [1.82, 2.24) is 9.97 Å². The van der Waals surface area contributed by atoms with Crippen molar-refractivity contribution < 1.29 is 28.2 Å². The Bertz CT molecular complexity index is 1390. The molecule has 4 N–H and O–H groups in total. The highest BCUT2D eigenvalue weighted by Gasteiger charge is 2.45. The zero-order valence-electron chi connectivity index (χ0n) is 20.1. The average molecular weight is 496 g/mol. The van der Waals surface area contributed by atoms with Gasteiger partial charge in [0.05, 0.1) is 5.69 Å². The lowest BCUT2D eigenvalue weighted by Crippen LogP contribution is -2.49. The van der Waals surface area contributed by atoms with Crippen LogP contribution in [-0.4, -0.2) is 46.9 Å². The number of pyridine rings is 2. The van der Waals surface area contributed by atoms with Gasteiger partial charge in [-0.2, -0.15) is 0 Å². The quantitative estimate of drug-likeness (QED) is 0.360. The molecule has 1 amide bonds. The maximum absolute atomic E-state index is 15.3. The smallest absolute Gasteiger partial charge is 0.413 e. The lowest BCUT2D eigenvalue weighted by Gasteiger charge is -2.42. The number of amides is 1. The number of nitrogen functional groups attached to an aromatic ring is 1. The summed E-state index contributed by atoms with van der Waals surface area (Å²) in [5.74, 6) is -0.249. The fourth-order valence-corrected chi connectivity index (χ4v) is 4.76. The molecule has 0 radical (unpaired) electrons. The fourth-order valence-electron chi connectivity index (χ4n) is 4.76. The van der Waals surface area contributed by atoms with E-state index >= 15 is 4.39 Å². The van der Waals surface area contributed by atoms with Gasteiger partial charge in [0.1, 0.15) is 29.8 Å². The van der Waals surface area contributed by atoms with Crippen molar-refractivity contribution in [2.45, 2.75) is 45.3 Å². The highest BCUT2D eigenvalue weighted by atomic mass is 19.1. The first kappa shape index (κ1) is 23.6. The van der Waals surface area contributed by atoms with Crippen molar-refractivity contribution in [3.63, 3.8) is 0 Å². The Morgan fingerprint density at radius 1 is 1.25 bits per heavy atom. The molecule has 188 valence electrons. The van der Waals surface area contributed by atoms with Crippen LogP contribution in [0.2, 0.25) is 0 Å². The van der Waals surface area contributed by atoms with Crippen LogP contribution in [0.1, 0.15) is 32.3 Å². The van der Waals surface area contributed by atoms with E-state index in [1.54, 1.807) is 25.3 Å². The predicted octanol–water partition coefficient (Wildman–Crippen LogP) is 4.16. The summed E-state index contributed by atoms with van der Waals surface area (Å²) in [6.45, 7) is 6.13. The summed E-state index contributed by atoms with van der Waals surface area (Å²) < 4.78 is 31.5. The number of benzene rings is 1. The second-order valence-corrected chi connectivity index (χ2v) is 9.30. The minimum atomic E-state index is -0.687. The van der Waals surface area contributed by atoms with E-state index in [2.05, 4.69) is 20.6 Å². The molecule has 11 heteroatoms. The summed E-state index contributed by atoms with van der Waals surface area (Å²) in [6.07, 6.45) is 2.74. The molecule has 2 aliphatic rings. The number of esters is 1. The summed E-state index contributed by atoms with van der Waals surface area (Å²) in [5.41, 5.74) is 7.81. The summed E-state index contributed by atoms with van der Waals surface area (Å²) in [4.78, 5) is 32.1. The van der Waals surface area contributed by atoms with E-state index in [0.29, 0.717) is 48.2 Å². The number of hydrogen-bond acceptors (Lipinski definition) is 9. The number of nitrogens with zero attached hydrogens (tertiary/aromatic N) is 2. The summed E-state index contributed by atoms with van der Waals surface area (Å²) in [7, 11) is 0. The molecule has 0 atom stereocenters. The van der Waals surface area contributed by atoms with Crippen LogP contribution in [0.5, 0.6) is 5.88 Å². The minimum absolute atomic E-state index is 0.0512. The highest BCUT2D eigenvalue weighted by Crippen LogP contribution is 2.40. The van der Waals surface area contributed by atoms with Gasteiger partial charge in [0.15, 0.2) is 5.82 Å². The number of anilines is 3. The van der Waals surface area contributed by atoms with Gasteiger partial charge in [-0.1, -0.05) is 0 Å². The SMILES string of the molecule is CC(=O)O[C@]1(C)C[C@H](OC(=O)Nc2cc3cc(-c4cnc5c(c4C)NCCO5)c(F)c(N)c3cn2)C1. The molecule has 0 spiro atoms. The van der Waals surface area contributed by atoms with E-state index in [4.69, 9.17) is 19.9 Å². The molecule has 3 aromatic rings. The highest BCUT2D eigenvalue weighted by molar-refractivity contribution is 5.99. The lowest BCUT2D eigenvalue weighted by atomic mass is 9.79. The number of rotatable bonds is 4. The first-order valence-corrected chi connectivity index (χ1v) is 11.5. The molecule has 0 bridgehead atoms. The molecule has 1 aromatic carbocycles. The standard InChI is InChI=1S/C25H26FN5O5/c1-12-17(10-30-23-22(12)28-4-5-34-23)16-6-14-7-19(29-11-18(14)21(27)20(16)26)31-24(33)35-15-8-25(3,9-15)36-13(2)32/h6-7,10-11,15,28H,4-5,8-9,27H2,1-3H3,(H,29,31,33)/t15-,25+. The van der Waals surface area contributed by atoms with Crippen molar-refractivity contribution >= 4 is 40.0 Å². The van der Waals surface area contributed by atoms with Crippen molar-refractivity contribution in [2.75, 3.05) is 29.5 Å². The van der Waals surface area contributed by atoms with Crippen LogP contribution in [0.3, 0.4) is 0 Å². The molecule has 1 aliphatic carbocycles. The van der Waals surface area contributed by atoms with E-state index in [0.717, 1.165) is 11.3 Å². The third-order valence-electron chi connectivity index (χ3n) is 6.45. The van der Waals surface area contributed by atoms with Crippen molar-refractivity contribution in [1.29, 1.82) is 0 Å². The Labute approximate surface area is 206 Å². The number of carbonyl (C=O) groups excluding carboxylic acids is 2. The van der Waals surface area contributed by atoms with Gasteiger partial charge >= 0.3 is 12.1 Å². The van der Waals surface area contributed by atoms with Crippen molar-refractivity contribution in [2.24, 2.45) is 0 Å². The third kappa shape index (κ3) is 4.32. The summed E-state index contributed by atoms with van der Waals surface area (Å²) in [5, 5.41) is 6.84. The van der Waals surface area contributed by atoms with E-state index in [-0.39, 0.29) is 29.1 Å². The Morgan fingerprint density at radius 2 is 2.03 bits per heavy atom. The zero-order valence-corrected chi connectivity index (χ0v) is 20.1. The molecular weight excluding hydrogens is 469 g/mol. The molecular formula is C25H26FN5O5. The molecule has 36 heavy (non-hydrogen) atoms. The Balaban J connectivity index is 1.38. The monoisotopic (exact) mass is 495 g/mol. The van der Waals surface area contributed by atoms with E-state index in [1.807, 2.05) is 6.92 Å². The van der Waals surface area contributed by atoms with Gasteiger partial charge in [-0.3, -0.25) is 10.1 Å². The molecule has 1 fully saturated rings. The molecule has 10 nitrogen and oxygen atoms in total. The van der Waals surface area contributed by atoms with Crippen LogP contribution < -0.4 is 21.1 Å². The lowest BCUT2D eigenvalue weighted by molar-refractivity contribution is -0.176. The number of nitrogens with one attached hydrogen (secondary N) is 2. The number of hydrogen-bond donors (Lipinski definition) is 3. The number of ether oxygens (including phenoxy) is 3. The van der Waals surface area contributed by atoms with E-state index in [1.165, 1.54) is 13.1 Å². The third-order valence-corrected chi connectivity index (χ3v) is 6.45. The number of halogens is 1. The maximum atomic E-state index is 15.3. The van der Waals surface area contributed by atoms with Gasteiger partial charge in [-0.15, -0.1) is 0 Å². The zero-order chi connectivity index (χ0) is 25.6. The largest absolute Gasteiger partial charge is 0.474 e. The van der Waals surface area contributed by atoms with Gasteiger partial charge in [0.2, 0.25) is 5.88 Å². The topological polar surface area (TPSA) is 138 Å². The molecule has 1 aliphatic heterocycles. The number of aromatic nitrogens is 2.